The average Bonchev–Trinajstić information content (AvgIpc) is 2.71. The summed E-state index contributed by atoms with van der Waals surface area (Å²) < 4.78 is 5.21. The number of amides is 1. The lowest BCUT2D eigenvalue weighted by molar-refractivity contribution is -0.119. The smallest absolute Gasteiger partial charge is 0.253 e. The predicted octanol–water partition coefficient (Wildman–Crippen LogP) is 2.50. The zero-order valence-electron chi connectivity index (χ0n) is 10.8. The minimum absolute atomic E-state index is 0.297. The number of carbonyl (C=O) groups is 1. The maximum absolute atomic E-state index is 12.4. The van der Waals surface area contributed by atoms with Gasteiger partial charge in [-0.1, -0.05) is 29.8 Å². The van der Waals surface area contributed by atoms with Crippen LogP contribution in [0.1, 0.15) is 11.1 Å². The molecular weight excluding hydrogens is 276 g/mol. The fraction of sp³-hybridized carbons (Fsp3) is 0.133. The number of rotatable bonds is 2. The topological polar surface area (TPSA) is 64.3 Å². The summed E-state index contributed by atoms with van der Waals surface area (Å²) in [5.41, 5.74) is 7.02. The Kier molecular flexibility index (Phi) is 2.92. The van der Waals surface area contributed by atoms with E-state index < -0.39 is 5.54 Å². The van der Waals surface area contributed by atoms with Gasteiger partial charge in [0.25, 0.3) is 5.91 Å². The fourth-order valence-corrected chi connectivity index (χ4v) is 2.76. The van der Waals surface area contributed by atoms with Gasteiger partial charge in [0.1, 0.15) is 5.75 Å². The second-order valence-electron chi connectivity index (χ2n) is 4.65. The molecule has 1 aliphatic rings. The number of fused-ring (bicyclic) bond motifs is 1. The van der Waals surface area contributed by atoms with Gasteiger partial charge in [-0.15, -0.1) is 0 Å². The Labute approximate surface area is 121 Å². The fourth-order valence-electron chi connectivity index (χ4n) is 2.48. The molecule has 5 heteroatoms. The molecule has 20 heavy (non-hydrogen) atoms. The molecule has 3 rings (SSSR count). The van der Waals surface area contributed by atoms with Crippen molar-refractivity contribution < 1.29 is 9.53 Å². The number of halogens is 1. The molecule has 0 bridgehead atoms. The number of hydrogen-bond donors (Lipinski definition) is 2. The van der Waals surface area contributed by atoms with Crippen molar-refractivity contribution in [2.24, 2.45) is 5.73 Å². The number of nitrogens with two attached hydrogens (primary N) is 1. The first-order valence-electron chi connectivity index (χ1n) is 6.11. The number of benzene rings is 2. The molecule has 1 atom stereocenters. The molecule has 102 valence electrons. The zero-order chi connectivity index (χ0) is 14.3. The highest BCUT2D eigenvalue weighted by atomic mass is 35.5. The summed E-state index contributed by atoms with van der Waals surface area (Å²) in [5, 5.41) is 3.25. The Bertz CT molecular complexity index is 702. The van der Waals surface area contributed by atoms with Crippen LogP contribution in [0.5, 0.6) is 5.75 Å². The van der Waals surface area contributed by atoms with Crippen molar-refractivity contribution in [3.8, 4) is 5.75 Å². The summed E-state index contributed by atoms with van der Waals surface area (Å²) in [4.78, 5) is 12.4. The van der Waals surface area contributed by atoms with Crippen LogP contribution in [0.15, 0.2) is 42.5 Å². The summed E-state index contributed by atoms with van der Waals surface area (Å²) in [6.07, 6.45) is 0. The predicted molar refractivity (Wildman–Crippen MR) is 78.0 cm³/mol. The van der Waals surface area contributed by atoms with Crippen LogP contribution in [-0.4, -0.2) is 13.0 Å². The number of methoxy groups -OCH3 is 1. The highest BCUT2D eigenvalue weighted by Crippen LogP contribution is 2.42. The molecule has 0 aromatic heterocycles. The van der Waals surface area contributed by atoms with Crippen LogP contribution in [0.25, 0.3) is 0 Å². The van der Waals surface area contributed by atoms with Gasteiger partial charge in [-0.2, -0.15) is 0 Å². The van der Waals surface area contributed by atoms with Gasteiger partial charge in [0, 0.05) is 21.8 Å². The van der Waals surface area contributed by atoms with Gasteiger partial charge in [0.15, 0.2) is 5.54 Å². The molecule has 0 saturated carbocycles. The minimum atomic E-state index is -1.30. The van der Waals surface area contributed by atoms with E-state index in [0.29, 0.717) is 27.6 Å². The Morgan fingerprint density at radius 3 is 2.65 bits per heavy atom. The summed E-state index contributed by atoms with van der Waals surface area (Å²) >= 11 is 6.21. The van der Waals surface area contributed by atoms with Crippen LogP contribution in [-0.2, 0) is 10.3 Å². The van der Waals surface area contributed by atoms with E-state index in [1.165, 1.54) is 0 Å². The van der Waals surface area contributed by atoms with E-state index in [1.807, 2.05) is 0 Å². The van der Waals surface area contributed by atoms with Gasteiger partial charge >= 0.3 is 0 Å². The lowest BCUT2D eigenvalue weighted by atomic mass is 9.85. The molecular formula is C15H13ClN2O2. The summed E-state index contributed by atoms with van der Waals surface area (Å²) in [7, 11) is 1.57. The third kappa shape index (κ3) is 1.69. The Hall–Kier alpha value is -2.04. The zero-order valence-corrected chi connectivity index (χ0v) is 11.6. The highest BCUT2D eigenvalue weighted by Gasteiger charge is 2.46. The minimum Gasteiger partial charge on any atom is -0.497 e. The van der Waals surface area contributed by atoms with Crippen molar-refractivity contribution in [3.05, 3.63) is 58.6 Å². The Morgan fingerprint density at radius 1 is 1.20 bits per heavy atom. The maximum atomic E-state index is 12.4. The Balaban J connectivity index is 2.25. The van der Waals surface area contributed by atoms with Gasteiger partial charge in [0.05, 0.1) is 7.11 Å². The van der Waals surface area contributed by atoms with Gasteiger partial charge < -0.3 is 15.8 Å². The van der Waals surface area contributed by atoms with Gasteiger partial charge in [-0.05, 0) is 24.3 Å². The first kappa shape index (κ1) is 13.0. The van der Waals surface area contributed by atoms with Crippen LogP contribution in [0, 0.1) is 0 Å². The third-order valence-electron chi connectivity index (χ3n) is 3.56. The molecule has 2 aromatic rings. The van der Waals surface area contributed by atoms with E-state index in [0.717, 1.165) is 0 Å². The number of hydrogen-bond acceptors (Lipinski definition) is 3. The van der Waals surface area contributed by atoms with Crippen molar-refractivity contribution >= 4 is 23.2 Å². The van der Waals surface area contributed by atoms with Crippen LogP contribution in [0.2, 0.25) is 5.02 Å². The van der Waals surface area contributed by atoms with Gasteiger partial charge in [-0.3, -0.25) is 4.79 Å². The number of nitrogens with one attached hydrogen (secondary N) is 1. The highest BCUT2D eigenvalue weighted by molar-refractivity contribution is 6.32. The molecule has 0 aliphatic carbocycles. The van der Waals surface area contributed by atoms with Crippen molar-refractivity contribution in [1.29, 1.82) is 0 Å². The van der Waals surface area contributed by atoms with E-state index in [9.17, 15) is 4.79 Å². The van der Waals surface area contributed by atoms with Crippen molar-refractivity contribution in [3.63, 3.8) is 0 Å². The summed E-state index contributed by atoms with van der Waals surface area (Å²) in [6.45, 7) is 0. The summed E-state index contributed by atoms with van der Waals surface area (Å²) in [6, 6.07) is 12.4. The van der Waals surface area contributed by atoms with Gasteiger partial charge in [0.2, 0.25) is 0 Å². The molecule has 1 heterocycles. The molecule has 0 fully saturated rings. The first-order chi connectivity index (χ1) is 9.57. The van der Waals surface area contributed by atoms with Crippen LogP contribution >= 0.6 is 11.6 Å². The van der Waals surface area contributed by atoms with E-state index in [2.05, 4.69) is 5.32 Å². The summed E-state index contributed by atoms with van der Waals surface area (Å²) in [5.74, 6) is 0.344. The van der Waals surface area contributed by atoms with Gasteiger partial charge in [-0.25, -0.2) is 0 Å². The van der Waals surface area contributed by atoms with Crippen LogP contribution in [0.4, 0.5) is 5.69 Å². The quantitative estimate of drug-likeness (QED) is 0.892. The molecule has 1 unspecified atom stereocenters. The standard InChI is InChI=1S/C15H13ClN2O2/c1-20-9-6-7-13-11(8-9)15(17,14(19)18-13)10-4-2-3-5-12(10)16/h2-8H,17H2,1H3,(H,18,19). The van der Waals surface area contributed by atoms with Crippen molar-refractivity contribution in [2.45, 2.75) is 5.54 Å². The normalized spacial score (nSPS) is 20.4. The number of carbonyl (C=O) groups excluding carboxylic acids is 1. The molecule has 4 nitrogen and oxygen atoms in total. The first-order valence-corrected chi connectivity index (χ1v) is 6.49. The largest absolute Gasteiger partial charge is 0.497 e. The molecule has 0 radical (unpaired) electrons. The molecule has 1 amide bonds. The molecule has 0 saturated heterocycles. The second-order valence-corrected chi connectivity index (χ2v) is 5.06. The molecule has 3 N–H and O–H groups in total. The van der Waals surface area contributed by atoms with E-state index >= 15 is 0 Å². The van der Waals surface area contributed by atoms with Crippen molar-refractivity contribution in [2.75, 3.05) is 12.4 Å². The molecule has 1 aliphatic heterocycles. The SMILES string of the molecule is COc1ccc2c(c1)C(N)(c1ccccc1Cl)C(=O)N2. The molecule has 0 spiro atoms. The third-order valence-corrected chi connectivity index (χ3v) is 3.89. The van der Waals surface area contributed by atoms with Crippen molar-refractivity contribution in [1.82, 2.24) is 0 Å². The van der Waals surface area contributed by atoms with E-state index in [1.54, 1.807) is 49.6 Å². The second kappa shape index (κ2) is 4.51. The van der Waals surface area contributed by atoms with Crippen LogP contribution < -0.4 is 15.8 Å². The molecule has 2 aromatic carbocycles. The number of anilines is 1. The lowest BCUT2D eigenvalue weighted by Crippen LogP contribution is -2.44. The van der Waals surface area contributed by atoms with E-state index in [-0.39, 0.29) is 5.91 Å². The number of ether oxygens (including phenoxy) is 1. The average molecular weight is 289 g/mol. The monoisotopic (exact) mass is 288 g/mol. The maximum Gasteiger partial charge on any atom is 0.253 e. The Morgan fingerprint density at radius 2 is 1.95 bits per heavy atom. The van der Waals surface area contributed by atoms with E-state index in [4.69, 9.17) is 22.1 Å². The lowest BCUT2D eigenvalue weighted by Gasteiger charge is -2.24. The van der Waals surface area contributed by atoms with Crippen LogP contribution in [0.3, 0.4) is 0 Å².